The number of thiazole rings is 1. The van der Waals surface area contributed by atoms with Crippen molar-refractivity contribution in [3.8, 4) is 5.75 Å². The van der Waals surface area contributed by atoms with Gasteiger partial charge in [-0.15, -0.1) is 0 Å². The molecule has 1 amide bonds. The fraction of sp³-hybridized carbons (Fsp3) is 0.429. The number of rotatable bonds is 7. The van der Waals surface area contributed by atoms with E-state index >= 15 is 0 Å². The molecule has 3 heterocycles. The molecular formula is C21H25N5O2S2. The zero-order valence-electron chi connectivity index (χ0n) is 17.1. The standard InChI is InChI=1S/C21H25N5O2S2/c1-14-4-3-9-26(11-14)21-25-19-18(30-21)20(24-13-23-19)29-12-17(27)22-10-15-5-7-16(28-2)8-6-15/h5-8,13-14H,3-4,9-12H2,1-2H3,(H,22,27)/t14-/m0/s1. The van der Waals surface area contributed by atoms with Gasteiger partial charge in [-0.05, 0) is 36.5 Å². The van der Waals surface area contributed by atoms with Crippen LogP contribution in [0.5, 0.6) is 5.75 Å². The summed E-state index contributed by atoms with van der Waals surface area (Å²) in [4.78, 5) is 28.1. The lowest BCUT2D eigenvalue weighted by Gasteiger charge is -2.30. The molecule has 0 unspecified atom stereocenters. The third kappa shape index (κ3) is 5.02. The van der Waals surface area contributed by atoms with Crippen LogP contribution in [0.3, 0.4) is 0 Å². The monoisotopic (exact) mass is 443 g/mol. The number of amides is 1. The zero-order chi connectivity index (χ0) is 20.9. The van der Waals surface area contributed by atoms with E-state index < -0.39 is 0 Å². The van der Waals surface area contributed by atoms with Crippen LogP contribution < -0.4 is 15.0 Å². The lowest BCUT2D eigenvalue weighted by atomic mass is 10.0. The normalized spacial score (nSPS) is 16.6. The molecule has 1 fully saturated rings. The molecule has 30 heavy (non-hydrogen) atoms. The van der Waals surface area contributed by atoms with E-state index in [0.29, 0.717) is 23.9 Å². The lowest BCUT2D eigenvalue weighted by molar-refractivity contribution is -0.118. The minimum atomic E-state index is -0.0304. The average molecular weight is 444 g/mol. The predicted octanol–water partition coefficient (Wildman–Crippen LogP) is 3.74. The molecule has 1 atom stereocenters. The van der Waals surface area contributed by atoms with E-state index in [9.17, 15) is 4.79 Å². The number of nitrogens with one attached hydrogen (secondary N) is 1. The van der Waals surface area contributed by atoms with Gasteiger partial charge in [0.25, 0.3) is 0 Å². The van der Waals surface area contributed by atoms with Crippen molar-refractivity contribution in [2.24, 2.45) is 5.92 Å². The number of anilines is 1. The number of thioether (sulfide) groups is 1. The topological polar surface area (TPSA) is 80.2 Å². The van der Waals surface area contributed by atoms with Crippen LogP contribution in [0.4, 0.5) is 5.13 Å². The van der Waals surface area contributed by atoms with Gasteiger partial charge in [0.05, 0.1) is 12.9 Å². The second kappa shape index (κ2) is 9.61. The van der Waals surface area contributed by atoms with Gasteiger partial charge in [0.2, 0.25) is 5.91 Å². The molecule has 0 bridgehead atoms. The van der Waals surface area contributed by atoms with Crippen LogP contribution in [0.2, 0.25) is 0 Å². The highest BCUT2D eigenvalue weighted by molar-refractivity contribution is 8.00. The van der Waals surface area contributed by atoms with Crippen LogP contribution in [0.1, 0.15) is 25.3 Å². The Morgan fingerprint density at radius 1 is 1.33 bits per heavy atom. The van der Waals surface area contributed by atoms with Gasteiger partial charge in [-0.25, -0.2) is 9.97 Å². The fourth-order valence-electron chi connectivity index (χ4n) is 3.45. The summed E-state index contributed by atoms with van der Waals surface area (Å²) in [5.41, 5.74) is 1.74. The van der Waals surface area contributed by atoms with Gasteiger partial charge in [-0.2, -0.15) is 4.98 Å². The first-order valence-electron chi connectivity index (χ1n) is 10.0. The van der Waals surface area contributed by atoms with E-state index in [1.54, 1.807) is 18.4 Å². The van der Waals surface area contributed by atoms with Crippen molar-refractivity contribution in [1.82, 2.24) is 20.3 Å². The highest BCUT2D eigenvalue weighted by atomic mass is 32.2. The fourth-order valence-corrected chi connectivity index (χ4v) is 5.41. The number of methoxy groups -OCH3 is 1. The maximum Gasteiger partial charge on any atom is 0.230 e. The number of aromatic nitrogens is 3. The Kier molecular flexibility index (Phi) is 6.69. The number of carbonyl (C=O) groups is 1. The summed E-state index contributed by atoms with van der Waals surface area (Å²) < 4.78 is 6.11. The number of fused-ring (bicyclic) bond motifs is 1. The van der Waals surface area contributed by atoms with Crippen LogP contribution in [-0.2, 0) is 11.3 Å². The maximum atomic E-state index is 12.3. The number of carbonyl (C=O) groups excluding carboxylic acids is 1. The van der Waals surface area contributed by atoms with Crippen molar-refractivity contribution in [3.05, 3.63) is 36.2 Å². The molecule has 0 radical (unpaired) electrons. The Hall–Kier alpha value is -2.39. The molecule has 0 aliphatic carbocycles. The second-order valence-electron chi connectivity index (χ2n) is 7.43. The highest BCUT2D eigenvalue weighted by Gasteiger charge is 2.21. The van der Waals surface area contributed by atoms with Crippen LogP contribution >= 0.6 is 23.1 Å². The Morgan fingerprint density at radius 3 is 2.93 bits per heavy atom. The number of hydrogen-bond donors (Lipinski definition) is 1. The summed E-state index contributed by atoms with van der Waals surface area (Å²) in [6.45, 7) is 4.84. The summed E-state index contributed by atoms with van der Waals surface area (Å²) in [5, 5.41) is 4.77. The maximum absolute atomic E-state index is 12.3. The summed E-state index contributed by atoms with van der Waals surface area (Å²) >= 11 is 3.05. The Morgan fingerprint density at radius 2 is 2.17 bits per heavy atom. The Bertz CT molecular complexity index is 1010. The van der Waals surface area contributed by atoms with E-state index in [1.807, 2.05) is 24.3 Å². The largest absolute Gasteiger partial charge is 0.497 e. The molecule has 7 nitrogen and oxygen atoms in total. The van der Waals surface area contributed by atoms with E-state index in [4.69, 9.17) is 9.72 Å². The molecule has 1 N–H and O–H groups in total. The molecule has 1 aliphatic rings. The lowest BCUT2D eigenvalue weighted by Crippen LogP contribution is -2.34. The van der Waals surface area contributed by atoms with Gasteiger partial charge in [0.15, 0.2) is 10.8 Å². The molecular weight excluding hydrogens is 418 g/mol. The molecule has 158 valence electrons. The first kappa shape index (κ1) is 20.9. The Labute approximate surface area is 184 Å². The van der Waals surface area contributed by atoms with Crippen molar-refractivity contribution in [2.45, 2.75) is 31.3 Å². The van der Waals surface area contributed by atoms with Gasteiger partial charge in [0, 0.05) is 19.6 Å². The first-order chi connectivity index (χ1) is 14.6. The Balaban J connectivity index is 1.36. The van der Waals surface area contributed by atoms with Crippen LogP contribution in [0, 0.1) is 5.92 Å². The molecule has 2 aromatic heterocycles. The zero-order valence-corrected chi connectivity index (χ0v) is 18.8. The van der Waals surface area contributed by atoms with Crippen LogP contribution in [0.15, 0.2) is 35.6 Å². The molecule has 1 aromatic carbocycles. The number of nitrogens with zero attached hydrogens (tertiary/aromatic N) is 4. The van der Waals surface area contributed by atoms with Crippen molar-refractivity contribution in [2.75, 3.05) is 30.9 Å². The van der Waals surface area contributed by atoms with Gasteiger partial charge < -0.3 is 15.0 Å². The molecule has 4 rings (SSSR count). The minimum Gasteiger partial charge on any atom is -0.497 e. The smallest absolute Gasteiger partial charge is 0.230 e. The van der Waals surface area contributed by atoms with E-state index in [-0.39, 0.29) is 5.91 Å². The number of benzene rings is 1. The van der Waals surface area contributed by atoms with Crippen molar-refractivity contribution in [1.29, 1.82) is 0 Å². The summed E-state index contributed by atoms with van der Waals surface area (Å²) in [5.74, 6) is 1.75. The van der Waals surface area contributed by atoms with Crippen molar-refractivity contribution < 1.29 is 9.53 Å². The SMILES string of the molecule is COc1ccc(CNC(=O)CSc2ncnc3nc(N4CCC[C@H](C)C4)sc23)cc1. The molecule has 1 saturated heterocycles. The summed E-state index contributed by atoms with van der Waals surface area (Å²) in [6, 6.07) is 7.66. The number of ether oxygens (including phenoxy) is 1. The highest BCUT2D eigenvalue weighted by Crippen LogP contribution is 2.35. The van der Waals surface area contributed by atoms with E-state index in [1.165, 1.54) is 30.9 Å². The summed E-state index contributed by atoms with van der Waals surface area (Å²) in [6.07, 6.45) is 3.99. The molecule has 9 heteroatoms. The summed E-state index contributed by atoms with van der Waals surface area (Å²) in [7, 11) is 1.64. The van der Waals surface area contributed by atoms with Gasteiger partial charge in [0.1, 0.15) is 21.8 Å². The number of piperidine rings is 1. The second-order valence-corrected chi connectivity index (χ2v) is 9.38. The van der Waals surface area contributed by atoms with Gasteiger partial charge in [-0.1, -0.05) is 42.2 Å². The molecule has 0 spiro atoms. The third-order valence-electron chi connectivity index (χ3n) is 5.06. The van der Waals surface area contributed by atoms with Crippen molar-refractivity contribution >= 4 is 44.5 Å². The van der Waals surface area contributed by atoms with E-state index in [0.717, 1.165) is 39.3 Å². The van der Waals surface area contributed by atoms with Gasteiger partial charge >= 0.3 is 0 Å². The van der Waals surface area contributed by atoms with Crippen molar-refractivity contribution in [3.63, 3.8) is 0 Å². The number of hydrogen-bond acceptors (Lipinski definition) is 8. The van der Waals surface area contributed by atoms with Crippen LogP contribution in [0.25, 0.3) is 10.3 Å². The first-order valence-corrected chi connectivity index (χ1v) is 11.8. The predicted molar refractivity (Wildman–Crippen MR) is 121 cm³/mol. The minimum absolute atomic E-state index is 0.0304. The molecule has 0 saturated carbocycles. The quantitative estimate of drug-likeness (QED) is 0.440. The van der Waals surface area contributed by atoms with Crippen LogP contribution in [-0.4, -0.2) is 46.8 Å². The molecule has 1 aliphatic heterocycles. The molecule has 3 aromatic rings. The van der Waals surface area contributed by atoms with Gasteiger partial charge in [-0.3, -0.25) is 4.79 Å². The third-order valence-corrected chi connectivity index (χ3v) is 7.29. The van der Waals surface area contributed by atoms with E-state index in [2.05, 4.69) is 27.1 Å². The average Bonchev–Trinajstić information content (AvgIpc) is 3.21.